The molecule has 0 unspecified atom stereocenters. The summed E-state index contributed by atoms with van der Waals surface area (Å²) in [5, 5.41) is 3.78. The smallest absolute Gasteiger partial charge is 0.249 e. The third-order valence-corrected chi connectivity index (χ3v) is 4.97. The van der Waals surface area contributed by atoms with E-state index in [1.54, 1.807) is 25.4 Å². The number of H-pyrrole nitrogens is 1. The normalized spacial score (nSPS) is 11.9. The van der Waals surface area contributed by atoms with Gasteiger partial charge in [-0.2, -0.15) is 0 Å². The number of hydrogen-bond acceptors (Lipinski definition) is 4. The molecule has 0 saturated carbocycles. The summed E-state index contributed by atoms with van der Waals surface area (Å²) in [5.41, 5.74) is 2.53. The topological polar surface area (TPSA) is 87.3 Å². The Hall–Kier alpha value is -2.87. The highest BCUT2D eigenvalue weighted by molar-refractivity contribution is 9.10. The summed E-state index contributed by atoms with van der Waals surface area (Å²) in [6.45, 7) is 1.40. The zero-order chi connectivity index (χ0) is 20.3. The molecule has 0 fully saturated rings. The van der Waals surface area contributed by atoms with Crippen molar-refractivity contribution in [3.8, 4) is 5.88 Å². The van der Waals surface area contributed by atoms with Crippen LogP contribution in [0.5, 0.6) is 5.88 Å². The average Bonchev–Trinajstić information content (AvgIpc) is 3.08. The van der Waals surface area contributed by atoms with E-state index in [4.69, 9.17) is 4.74 Å². The fourth-order valence-electron chi connectivity index (χ4n) is 3.04. The number of ether oxygens (including phenoxy) is 1. The Balaban J connectivity index is 1.86. The monoisotopic (exact) mass is 444 g/mol. The molecule has 0 aliphatic rings. The van der Waals surface area contributed by atoms with Crippen molar-refractivity contribution in [2.24, 2.45) is 0 Å². The summed E-state index contributed by atoms with van der Waals surface area (Å²) in [5.74, 6) is -0.0282. The largest absolute Gasteiger partial charge is 0.481 e. The van der Waals surface area contributed by atoms with Gasteiger partial charge in [0.25, 0.3) is 0 Å². The average molecular weight is 445 g/mol. The number of anilines is 1. The first-order chi connectivity index (χ1) is 13.4. The number of aromatic amines is 1. The zero-order valence-electron chi connectivity index (χ0n) is 15.8. The van der Waals surface area contributed by atoms with E-state index in [9.17, 15) is 9.59 Å². The van der Waals surface area contributed by atoms with E-state index in [0.29, 0.717) is 18.0 Å². The SMILES string of the molecule is COc1ccc(N(C)C(=O)[C@H](Cc2c[nH]c3ccc(Br)cc23)NC(C)=O)cn1. The van der Waals surface area contributed by atoms with Crippen LogP contribution in [0, 0.1) is 0 Å². The molecule has 0 bridgehead atoms. The number of likely N-dealkylation sites (N-methyl/N-ethyl adjacent to an activating group) is 1. The fraction of sp³-hybridized carbons (Fsp3) is 0.250. The number of nitrogens with one attached hydrogen (secondary N) is 2. The number of amides is 2. The van der Waals surface area contributed by atoms with Crippen molar-refractivity contribution in [1.29, 1.82) is 0 Å². The molecule has 0 radical (unpaired) electrons. The van der Waals surface area contributed by atoms with E-state index in [-0.39, 0.29) is 11.8 Å². The lowest BCUT2D eigenvalue weighted by molar-refractivity contribution is -0.126. The molecule has 8 heteroatoms. The molecular formula is C20H21BrN4O3. The minimum absolute atomic E-state index is 0.230. The highest BCUT2D eigenvalue weighted by Gasteiger charge is 2.25. The zero-order valence-corrected chi connectivity index (χ0v) is 17.4. The molecule has 2 N–H and O–H groups in total. The fourth-order valence-corrected chi connectivity index (χ4v) is 3.40. The van der Waals surface area contributed by atoms with E-state index < -0.39 is 6.04 Å². The summed E-state index contributed by atoms with van der Waals surface area (Å²) in [6, 6.07) is 8.63. The second-order valence-corrected chi connectivity index (χ2v) is 7.33. The van der Waals surface area contributed by atoms with E-state index >= 15 is 0 Å². The number of nitrogens with zero attached hydrogens (tertiary/aromatic N) is 2. The number of aromatic nitrogens is 2. The highest BCUT2D eigenvalue weighted by Crippen LogP contribution is 2.24. The Labute approximate surface area is 171 Å². The van der Waals surface area contributed by atoms with Gasteiger partial charge in [-0.25, -0.2) is 4.98 Å². The predicted octanol–water partition coefficient (Wildman–Crippen LogP) is 3.04. The first-order valence-electron chi connectivity index (χ1n) is 8.69. The summed E-state index contributed by atoms with van der Waals surface area (Å²) in [6.07, 6.45) is 3.79. The minimum Gasteiger partial charge on any atom is -0.481 e. The van der Waals surface area contributed by atoms with Crippen LogP contribution in [0.3, 0.4) is 0 Å². The molecule has 7 nitrogen and oxygen atoms in total. The summed E-state index contributed by atoms with van der Waals surface area (Å²) in [4.78, 5) is 33.6. The summed E-state index contributed by atoms with van der Waals surface area (Å²) in [7, 11) is 3.19. The Morgan fingerprint density at radius 2 is 2.11 bits per heavy atom. The third-order valence-electron chi connectivity index (χ3n) is 4.48. The lowest BCUT2D eigenvalue weighted by Gasteiger charge is -2.24. The number of fused-ring (bicyclic) bond motifs is 1. The quantitative estimate of drug-likeness (QED) is 0.611. The van der Waals surface area contributed by atoms with Gasteiger partial charge in [0.15, 0.2) is 0 Å². The number of rotatable bonds is 6. The van der Waals surface area contributed by atoms with Gasteiger partial charge in [-0.3, -0.25) is 9.59 Å². The maximum atomic E-state index is 13.1. The van der Waals surface area contributed by atoms with Crippen LogP contribution < -0.4 is 15.0 Å². The lowest BCUT2D eigenvalue weighted by atomic mass is 10.0. The van der Waals surface area contributed by atoms with Crippen LogP contribution in [-0.2, 0) is 16.0 Å². The standard InChI is InChI=1S/C20H21BrN4O3/c1-12(26)24-18(8-13-10-22-17-6-4-14(21)9-16(13)17)20(27)25(2)15-5-7-19(28-3)23-11-15/h4-7,9-11,18,22H,8H2,1-3H3,(H,24,26)/t18-/m0/s1. The number of pyridine rings is 1. The minimum atomic E-state index is -0.706. The van der Waals surface area contributed by atoms with Crippen molar-refractivity contribution in [1.82, 2.24) is 15.3 Å². The molecule has 2 heterocycles. The van der Waals surface area contributed by atoms with Crippen LogP contribution >= 0.6 is 15.9 Å². The van der Waals surface area contributed by atoms with Gasteiger partial charge in [0.05, 0.1) is 19.0 Å². The number of carbonyl (C=O) groups excluding carboxylic acids is 2. The third kappa shape index (κ3) is 4.33. The van der Waals surface area contributed by atoms with Gasteiger partial charge in [-0.15, -0.1) is 0 Å². The molecule has 0 spiro atoms. The molecular weight excluding hydrogens is 424 g/mol. The Bertz CT molecular complexity index is 1000. The van der Waals surface area contributed by atoms with Gasteiger partial charge in [0, 0.05) is 48.0 Å². The predicted molar refractivity (Wildman–Crippen MR) is 112 cm³/mol. The second kappa shape index (κ2) is 8.43. The van der Waals surface area contributed by atoms with Gasteiger partial charge in [0.2, 0.25) is 17.7 Å². The maximum absolute atomic E-state index is 13.1. The number of halogens is 1. The van der Waals surface area contributed by atoms with E-state index in [0.717, 1.165) is 20.9 Å². The molecule has 0 aliphatic carbocycles. The Morgan fingerprint density at radius 1 is 1.32 bits per heavy atom. The number of hydrogen-bond donors (Lipinski definition) is 2. The van der Waals surface area contributed by atoms with Crippen molar-refractivity contribution < 1.29 is 14.3 Å². The van der Waals surface area contributed by atoms with Gasteiger partial charge in [-0.05, 0) is 29.8 Å². The van der Waals surface area contributed by atoms with Gasteiger partial charge < -0.3 is 19.9 Å². The Morgan fingerprint density at radius 3 is 2.75 bits per heavy atom. The molecule has 3 aromatic rings. The van der Waals surface area contributed by atoms with Crippen LogP contribution in [0.4, 0.5) is 5.69 Å². The molecule has 2 aromatic heterocycles. The summed E-state index contributed by atoms with van der Waals surface area (Å²) >= 11 is 3.48. The first kappa shape index (κ1) is 19.9. The molecule has 0 saturated heterocycles. The van der Waals surface area contributed by atoms with Crippen LogP contribution in [0.25, 0.3) is 10.9 Å². The maximum Gasteiger partial charge on any atom is 0.249 e. The van der Waals surface area contributed by atoms with Crippen molar-refractivity contribution >= 4 is 44.3 Å². The molecule has 146 valence electrons. The molecule has 1 aromatic carbocycles. The van der Waals surface area contributed by atoms with Crippen molar-refractivity contribution in [3.63, 3.8) is 0 Å². The van der Waals surface area contributed by atoms with Crippen molar-refractivity contribution in [2.75, 3.05) is 19.1 Å². The lowest BCUT2D eigenvalue weighted by Crippen LogP contribution is -2.48. The van der Waals surface area contributed by atoms with Gasteiger partial charge in [0.1, 0.15) is 6.04 Å². The number of carbonyl (C=O) groups is 2. The first-order valence-corrected chi connectivity index (χ1v) is 9.48. The van der Waals surface area contributed by atoms with Gasteiger partial charge >= 0.3 is 0 Å². The number of benzene rings is 1. The van der Waals surface area contributed by atoms with Crippen LogP contribution in [0.15, 0.2) is 47.2 Å². The van der Waals surface area contributed by atoms with E-state index in [2.05, 4.69) is 31.2 Å². The molecule has 3 rings (SSSR count). The highest BCUT2D eigenvalue weighted by atomic mass is 79.9. The van der Waals surface area contributed by atoms with Crippen LogP contribution in [0.1, 0.15) is 12.5 Å². The van der Waals surface area contributed by atoms with Gasteiger partial charge in [-0.1, -0.05) is 15.9 Å². The second-order valence-electron chi connectivity index (χ2n) is 6.42. The Kier molecular flexibility index (Phi) is 5.99. The van der Waals surface area contributed by atoms with Crippen molar-refractivity contribution in [3.05, 3.63) is 52.8 Å². The molecule has 0 aliphatic heterocycles. The van der Waals surface area contributed by atoms with Crippen molar-refractivity contribution in [2.45, 2.75) is 19.4 Å². The van der Waals surface area contributed by atoms with Crippen LogP contribution in [0.2, 0.25) is 0 Å². The van der Waals surface area contributed by atoms with E-state index in [1.165, 1.54) is 18.9 Å². The molecule has 2 amide bonds. The van der Waals surface area contributed by atoms with E-state index in [1.807, 2.05) is 24.4 Å². The molecule has 28 heavy (non-hydrogen) atoms. The summed E-state index contributed by atoms with van der Waals surface area (Å²) < 4.78 is 6.00. The van der Waals surface area contributed by atoms with Crippen LogP contribution in [-0.4, -0.2) is 42.0 Å². The molecule has 1 atom stereocenters. The number of methoxy groups -OCH3 is 1.